The topological polar surface area (TPSA) is 79.0 Å². The Kier molecular flexibility index (Phi) is 5.20. The lowest BCUT2D eigenvalue weighted by Crippen LogP contribution is -2.31. The summed E-state index contributed by atoms with van der Waals surface area (Å²) >= 11 is 0. The molecule has 0 aliphatic carbocycles. The lowest BCUT2D eigenvalue weighted by Gasteiger charge is -2.25. The molecule has 4 amide bonds. The Bertz CT molecular complexity index is 908. The molecule has 0 spiro atoms. The minimum absolute atomic E-state index is 0.00939. The van der Waals surface area contributed by atoms with Gasteiger partial charge in [-0.05, 0) is 48.2 Å². The highest BCUT2D eigenvalue weighted by molar-refractivity contribution is 6.01. The van der Waals surface area contributed by atoms with Crippen molar-refractivity contribution in [2.45, 2.75) is 25.4 Å². The SMILES string of the molecule is COc1ccc(C2CCCN2C(=O)c2ccc(CN3C(=O)CNC3=O)cc2)cc1. The van der Waals surface area contributed by atoms with Crippen LogP contribution in [-0.4, -0.2) is 47.8 Å². The number of imide groups is 1. The predicted molar refractivity (Wildman–Crippen MR) is 106 cm³/mol. The molecule has 2 aliphatic heterocycles. The molecule has 7 heteroatoms. The summed E-state index contributed by atoms with van der Waals surface area (Å²) in [4.78, 5) is 39.6. The monoisotopic (exact) mass is 393 g/mol. The van der Waals surface area contributed by atoms with Crippen LogP contribution in [0, 0.1) is 0 Å². The van der Waals surface area contributed by atoms with Crippen molar-refractivity contribution in [2.75, 3.05) is 20.2 Å². The summed E-state index contributed by atoms with van der Waals surface area (Å²) in [5, 5.41) is 2.50. The fraction of sp³-hybridized carbons (Fsp3) is 0.318. The first-order valence-electron chi connectivity index (χ1n) is 9.69. The van der Waals surface area contributed by atoms with Gasteiger partial charge in [0, 0.05) is 12.1 Å². The van der Waals surface area contributed by atoms with Crippen molar-refractivity contribution in [2.24, 2.45) is 0 Å². The van der Waals surface area contributed by atoms with Crippen LogP contribution in [0.1, 0.15) is 40.4 Å². The Morgan fingerprint density at radius 3 is 2.45 bits per heavy atom. The Morgan fingerprint density at radius 2 is 1.83 bits per heavy atom. The second kappa shape index (κ2) is 7.95. The standard InChI is InChI=1S/C22H23N3O4/c1-29-18-10-8-16(9-11-18)19-3-2-12-24(19)21(27)17-6-4-15(5-7-17)14-25-20(26)13-23-22(25)28/h4-11,19H,2-3,12-14H2,1H3,(H,23,28). The van der Waals surface area contributed by atoms with Gasteiger partial charge in [0.15, 0.2) is 0 Å². The molecule has 4 rings (SSSR count). The second-order valence-corrected chi connectivity index (χ2v) is 7.27. The molecule has 0 radical (unpaired) electrons. The summed E-state index contributed by atoms with van der Waals surface area (Å²) in [6.45, 7) is 0.966. The van der Waals surface area contributed by atoms with Crippen molar-refractivity contribution in [3.05, 3.63) is 65.2 Å². The number of nitrogens with one attached hydrogen (secondary N) is 1. The van der Waals surface area contributed by atoms with Crippen LogP contribution in [0.25, 0.3) is 0 Å². The number of carbonyl (C=O) groups is 3. The molecular weight excluding hydrogens is 370 g/mol. The van der Waals surface area contributed by atoms with Gasteiger partial charge in [0.1, 0.15) is 5.75 Å². The van der Waals surface area contributed by atoms with Crippen LogP contribution < -0.4 is 10.1 Å². The molecule has 0 aromatic heterocycles. The molecule has 0 saturated carbocycles. The fourth-order valence-corrected chi connectivity index (χ4v) is 3.90. The van der Waals surface area contributed by atoms with Gasteiger partial charge in [-0.2, -0.15) is 0 Å². The molecule has 29 heavy (non-hydrogen) atoms. The zero-order valence-electron chi connectivity index (χ0n) is 16.3. The number of benzene rings is 2. The molecule has 7 nitrogen and oxygen atoms in total. The molecule has 2 fully saturated rings. The average molecular weight is 393 g/mol. The first kappa shape index (κ1) is 19.0. The minimum Gasteiger partial charge on any atom is -0.497 e. The second-order valence-electron chi connectivity index (χ2n) is 7.27. The van der Waals surface area contributed by atoms with Gasteiger partial charge < -0.3 is 15.0 Å². The lowest BCUT2D eigenvalue weighted by atomic mass is 10.0. The maximum absolute atomic E-state index is 13.1. The summed E-state index contributed by atoms with van der Waals surface area (Å²) < 4.78 is 5.22. The van der Waals surface area contributed by atoms with E-state index >= 15 is 0 Å². The van der Waals surface area contributed by atoms with Crippen LogP contribution >= 0.6 is 0 Å². The van der Waals surface area contributed by atoms with Crippen LogP contribution in [0.4, 0.5) is 4.79 Å². The number of carbonyl (C=O) groups excluding carboxylic acids is 3. The summed E-state index contributed by atoms with van der Waals surface area (Å²) in [5.74, 6) is 0.546. The van der Waals surface area contributed by atoms with Crippen LogP contribution in [0.5, 0.6) is 5.75 Å². The van der Waals surface area contributed by atoms with Gasteiger partial charge in [0.05, 0.1) is 26.2 Å². The highest BCUT2D eigenvalue weighted by Crippen LogP contribution is 2.34. The number of methoxy groups -OCH3 is 1. The maximum Gasteiger partial charge on any atom is 0.324 e. The van der Waals surface area contributed by atoms with Gasteiger partial charge in [-0.3, -0.25) is 14.5 Å². The smallest absolute Gasteiger partial charge is 0.324 e. The van der Waals surface area contributed by atoms with E-state index in [1.807, 2.05) is 29.2 Å². The Balaban J connectivity index is 1.46. The molecule has 0 bridgehead atoms. The molecule has 1 N–H and O–H groups in total. The summed E-state index contributed by atoms with van der Waals surface area (Å²) in [5.41, 5.74) is 2.51. The number of likely N-dealkylation sites (tertiary alicyclic amines) is 1. The lowest BCUT2D eigenvalue weighted by molar-refractivity contribution is -0.125. The first-order chi connectivity index (χ1) is 14.1. The number of hydrogen-bond acceptors (Lipinski definition) is 4. The number of hydrogen-bond donors (Lipinski definition) is 1. The predicted octanol–water partition coefficient (Wildman–Crippen LogP) is 2.72. The van der Waals surface area contributed by atoms with E-state index in [2.05, 4.69) is 5.32 Å². The van der Waals surface area contributed by atoms with E-state index in [1.54, 1.807) is 31.4 Å². The van der Waals surface area contributed by atoms with E-state index < -0.39 is 0 Å². The Hall–Kier alpha value is -3.35. The van der Waals surface area contributed by atoms with Crippen LogP contribution in [-0.2, 0) is 11.3 Å². The maximum atomic E-state index is 13.1. The molecule has 2 aromatic rings. The normalized spacial score (nSPS) is 18.9. The third-order valence-electron chi connectivity index (χ3n) is 5.49. The van der Waals surface area contributed by atoms with Gasteiger partial charge in [0.2, 0.25) is 5.91 Å². The fourth-order valence-electron chi connectivity index (χ4n) is 3.90. The van der Waals surface area contributed by atoms with Crippen LogP contribution in [0.2, 0.25) is 0 Å². The van der Waals surface area contributed by atoms with E-state index in [4.69, 9.17) is 4.74 Å². The van der Waals surface area contributed by atoms with Crippen molar-refractivity contribution in [1.82, 2.24) is 15.1 Å². The van der Waals surface area contributed by atoms with Crippen molar-refractivity contribution in [1.29, 1.82) is 0 Å². The highest BCUT2D eigenvalue weighted by Gasteiger charge is 2.31. The van der Waals surface area contributed by atoms with E-state index in [9.17, 15) is 14.4 Å². The highest BCUT2D eigenvalue weighted by atomic mass is 16.5. The molecule has 1 unspecified atom stereocenters. The molecule has 2 heterocycles. The third kappa shape index (κ3) is 3.81. The molecule has 2 saturated heterocycles. The van der Waals surface area contributed by atoms with Gasteiger partial charge in [-0.1, -0.05) is 24.3 Å². The Morgan fingerprint density at radius 1 is 1.10 bits per heavy atom. The van der Waals surface area contributed by atoms with Crippen molar-refractivity contribution in [3.63, 3.8) is 0 Å². The van der Waals surface area contributed by atoms with Crippen LogP contribution in [0.15, 0.2) is 48.5 Å². The number of urea groups is 1. The van der Waals surface area contributed by atoms with Gasteiger partial charge >= 0.3 is 6.03 Å². The third-order valence-corrected chi connectivity index (χ3v) is 5.49. The average Bonchev–Trinajstić information content (AvgIpc) is 3.36. The number of amides is 4. The molecule has 2 aliphatic rings. The zero-order valence-corrected chi connectivity index (χ0v) is 16.3. The minimum atomic E-state index is -0.380. The number of ether oxygens (including phenoxy) is 1. The van der Waals surface area contributed by atoms with Crippen molar-refractivity contribution in [3.8, 4) is 5.75 Å². The van der Waals surface area contributed by atoms with E-state index in [0.717, 1.165) is 36.3 Å². The van der Waals surface area contributed by atoms with E-state index in [-0.39, 0.29) is 37.0 Å². The summed E-state index contributed by atoms with van der Waals surface area (Å²) in [7, 11) is 1.64. The van der Waals surface area contributed by atoms with E-state index in [1.165, 1.54) is 4.90 Å². The summed E-state index contributed by atoms with van der Waals surface area (Å²) in [6.07, 6.45) is 1.90. The van der Waals surface area contributed by atoms with Gasteiger partial charge in [0.25, 0.3) is 5.91 Å². The van der Waals surface area contributed by atoms with Crippen molar-refractivity contribution >= 4 is 17.8 Å². The van der Waals surface area contributed by atoms with Crippen molar-refractivity contribution < 1.29 is 19.1 Å². The summed E-state index contributed by atoms with van der Waals surface area (Å²) in [6, 6.07) is 14.6. The van der Waals surface area contributed by atoms with Gasteiger partial charge in [-0.15, -0.1) is 0 Å². The molecule has 150 valence electrons. The molecule has 1 atom stereocenters. The zero-order chi connectivity index (χ0) is 20.4. The number of nitrogens with zero attached hydrogens (tertiary/aromatic N) is 2. The largest absolute Gasteiger partial charge is 0.497 e. The molecule has 2 aromatic carbocycles. The molecular formula is C22H23N3O4. The van der Waals surface area contributed by atoms with Gasteiger partial charge in [-0.25, -0.2) is 4.79 Å². The quantitative estimate of drug-likeness (QED) is 0.793. The van der Waals surface area contributed by atoms with Crippen LogP contribution in [0.3, 0.4) is 0 Å². The first-order valence-corrected chi connectivity index (χ1v) is 9.69. The van der Waals surface area contributed by atoms with E-state index in [0.29, 0.717) is 5.56 Å². The number of rotatable bonds is 5. The Labute approximate surface area is 169 Å².